The van der Waals surface area contributed by atoms with Gasteiger partial charge in [-0.15, -0.1) is 0 Å². The number of fused-ring (bicyclic) bond motifs is 3. The molecule has 2 aliphatic carbocycles. The fourth-order valence-corrected chi connectivity index (χ4v) is 5.62. The van der Waals surface area contributed by atoms with Crippen LogP contribution in [-0.2, 0) is 0 Å². The molecule has 1 aromatic carbocycles. The molecule has 3 heteroatoms. The van der Waals surface area contributed by atoms with E-state index in [2.05, 4.69) is 26.8 Å². The highest BCUT2D eigenvalue weighted by Gasteiger charge is 2.69. The molecule has 2 saturated carbocycles. The first kappa shape index (κ1) is 12.7. The second kappa shape index (κ2) is 3.58. The molecule has 1 aliphatic heterocycles. The molecule has 0 bridgehead atoms. The zero-order valence-corrected chi connectivity index (χ0v) is 13.2. The number of hydrogen-bond donors (Lipinski definition) is 0. The van der Waals surface area contributed by atoms with Crippen LogP contribution in [0.2, 0.25) is 0 Å². The van der Waals surface area contributed by atoms with Crippen molar-refractivity contribution in [1.82, 2.24) is 0 Å². The van der Waals surface area contributed by atoms with Gasteiger partial charge >= 0.3 is 5.63 Å². The molecule has 0 radical (unpaired) electrons. The van der Waals surface area contributed by atoms with Gasteiger partial charge in [0.2, 0.25) is 0 Å². The predicted octanol–water partition coefficient (Wildman–Crippen LogP) is 4.09. The summed E-state index contributed by atoms with van der Waals surface area (Å²) in [7, 11) is 0. The molecule has 3 aliphatic rings. The Balaban J connectivity index is 1.78. The molecule has 0 N–H and O–H groups in total. The Morgan fingerprint density at radius 1 is 1.18 bits per heavy atom. The molecule has 1 aromatic heterocycles. The summed E-state index contributed by atoms with van der Waals surface area (Å²) in [6.07, 6.45) is 2.38. The number of hydrogen-bond acceptors (Lipinski definition) is 3. The van der Waals surface area contributed by atoms with E-state index >= 15 is 0 Å². The first-order valence-electron chi connectivity index (χ1n) is 8.17. The third kappa shape index (κ3) is 1.31. The predicted molar refractivity (Wildman–Crippen MR) is 84.3 cm³/mol. The van der Waals surface area contributed by atoms with Crippen LogP contribution in [0.4, 0.5) is 0 Å². The third-order valence-electron chi connectivity index (χ3n) is 6.64. The van der Waals surface area contributed by atoms with E-state index in [4.69, 9.17) is 9.15 Å². The van der Waals surface area contributed by atoms with Crippen LogP contribution in [0, 0.1) is 17.3 Å². The van der Waals surface area contributed by atoms with Crippen LogP contribution in [-0.4, -0.2) is 5.60 Å². The van der Waals surface area contributed by atoms with E-state index in [1.54, 1.807) is 0 Å². The van der Waals surface area contributed by atoms with E-state index in [0.29, 0.717) is 22.8 Å². The Labute approximate surface area is 129 Å². The average molecular weight is 296 g/mol. The summed E-state index contributed by atoms with van der Waals surface area (Å²) >= 11 is 0. The Hall–Kier alpha value is -1.77. The van der Waals surface area contributed by atoms with Crippen molar-refractivity contribution in [2.24, 2.45) is 17.3 Å². The fourth-order valence-electron chi connectivity index (χ4n) is 5.62. The first-order valence-corrected chi connectivity index (χ1v) is 8.17. The summed E-state index contributed by atoms with van der Waals surface area (Å²) in [4.78, 5) is 11.5. The minimum Gasteiger partial charge on any atom is -0.487 e. The molecule has 0 unspecified atom stereocenters. The van der Waals surface area contributed by atoms with Crippen molar-refractivity contribution < 1.29 is 9.15 Å². The molecular formula is C19H20O3. The Morgan fingerprint density at radius 2 is 2.00 bits per heavy atom. The van der Waals surface area contributed by atoms with Crippen molar-refractivity contribution in [2.45, 2.75) is 45.1 Å². The van der Waals surface area contributed by atoms with Gasteiger partial charge in [0.15, 0.2) is 0 Å². The van der Waals surface area contributed by atoms with Gasteiger partial charge in [0, 0.05) is 23.4 Å². The van der Waals surface area contributed by atoms with E-state index in [1.807, 2.05) is 12.1 Å². The van der Waals surface area contributed by atoms with Crippen LogP contribution in [0.25, 0.3) is 11.0 Å². The summed E-state index contributed by atoms with van der Waals surface area (Å²) in [5.41, 5.74) is 1.88. The van der Waals surface area contributed by atoms with Gasteiger partial charge in [-0.3, -0.25) is 0 Å². The summed E-state index contributed by atoms with van der Waals surface area (Å²) in [6.45, 7) is 7.05. The molecule has 2 heterocycles. The van der Waals surface area contributed by atoms with Crippen LogP contribution in [0.15, 0.2) is 33.5 Å². The summed E-state index contributed by atoms with van der Waals surface area (Å²) in [5.74, 6) is 2.85. The van der Waals surface area contributed by atoms with E-state index < -0.39 is 0 Å². The Kier molecular flexibility index (Phi) is 2.08. The molecule has 4 atom stereocenters. The zero-order chi connectivity index (χ0) is 15.3. The lowest BCUT2D eigenvalue weighted by atomic mass is 9.45. The van der Waals surface area contributed by atoms with Gasteiger partial charge in [0.25, 0.3) is 0 Å². The molecular weight excluding hydrogens is 276 g/mol. The molecule has 2 aromatic rings. The number of ether oxygens (including phenoxy) is 1. The lowest BCUT2D eigenvalue weighted by Crippen LogP contribution is -2.59. The molecule has 3 nitrogen and oxygen atoms in total. The van der Waals surface area contributed by atoms with Gasteiger partial charge in [-0.05, 0) is 54.7 Å². The lowest BCUT2D eigenvalue weighted by molar-refractivity contribution is -0.120. The molecule has 2 fully saturated rings. The maximum atomic E-state index is 11.5. The lowest BCUT2D eigenvalue weighted by Gasteiger charge is -2.62. The van der Waals surface area contributed by atoms with E-state index in [9.17, 15) is 4.79 Å². The Morgan fingerprint density at radius 3 is 2.82 bits per heavy atom. The van der Waals surface area contributed by atoms with Crippen molar-refractivity contribution in [3.63, 3.8) is 0 Å². The second-order valence-electron chi connectivity index (χ2n) is 8.07. The van der Waals surface area contributed by atoms with Crippen molar-refractivity contribution >= 4 is 11.0 Å². The number of rotatable bonds is 0. The Bertz CT molecular complexity index is 863. The molecule has 114 valence electrons. The van der Waals surface area contributed by atoms with Crippen molar-refractivity contribution in [3.05, 3.63) is 40.2 Å². The third-order valence-corrected chi connectivity index (χ3v) is 6.64. The second-order valence-corrected chi connectivity index (χ2v) is 8.07. The molecule has 5 rings (SSSR count). The van der Waals surface area contributed by atoms with Gasteiger partial charge < -0.3 is 9.15 Å². The summed E-state index contributed by atoms with van der Waals surface area (Å²) < 4.78 is 11.8. The molecule has 22 heavy (non-hydrogen) atoms. The highest BCUT2D eigenvalue weighted by molar-refractivity contribution is 5.80. The highest BCUT2D eigenvalue weighted by atomic mass is 16.5. The van der Waals surface area contributed by atoms with Crippen LogP contribution >= 0.6 is 0 Å². The maximum absolute atomic E-state index is 11.5. The summed E-state index contributed by atoms with van der Waals surface area (Å²) in [5, 5.41) is 0.989. The smallest absolute Gasteiger partial charge is 0.336 e. The standard InChI is InChI=1S/C19H20O3/c1-18(2)12-6-7-19(3)17(12)16(18)11-8-10-4-5-15(20)21-13(10)9-14(11)22-19/h4-5,8-9,12,16-17H,6-7H2,1-3H3/t12-,16+,17+,19+/m0/s1. The highest BCUT2D eigenvalue weighted by Crippen LogP contribution is 2.73. The van der Waals surface area contributed by atoms with Gasteiger partial charge in [-0.25, -0.2) is 4.79 Å². The monoisotopic (exact) mass is 296 g/mol. The molecule has 0 amide bonds. The maximum Gasteiger partial charge on any atom is 0.336 e. The van der Waals surface area contributed by atoms with Crippen LogP contribution in [0.3, 0.4) is 0 Å². The fraction of sp³-hybridized carbons (Fsp3) is 0.526. The largest absolute Gasteiger partial charge is 0.487 e. The van der Waals surface area contributed by atoms with Gasteiger partial charge in [0.05, 0.1) is 0 Å². The first-order chi connectivity index (χ1) is 10.4. The SMILES string of the molecule is CC1(C)[C@@H]2c3cc4ccc(=O)oc4cc3O[C@]3(C)CC[C@H]1[C@H]23. The van der Waals surface area contributed by atoms with Gasteiger partial charge in [0.1, 0.15) is 16.9 Å². The van der Waals surface area contributed by atoms with Crippen LogP contribution in [0.5, 0.6) is 5.75 Å². The quantitative estimate of drug-likeness (QED) is 0.687. The minimum absolute atomic E-state index is 0.0550. The normalized spacial score (nSPS) is 37.1. The van der Waals surface area contributed by atoms with Crippen molar-refractivity contribution in [3.8, 4) is 5.75 Å². The number of benzene rings is 1. The molecule has 0 spiro atoms. The zero-order valence-electron chi connectivity index (χ0n) is 13.2. The average Bonchev–Trinajstić information content (AvgIpc) is 2.78. The topological polar surface area (TPSA) is 39.4 Å². The molecule has 0 saturated heterocycles. The van der Waals surface area contributed by atoms with Crippen LogP contribution in [0.1, 0.15) is 45.1 Å². The van der Waals surface area contributed by atoms with Crippen LogP contribution < -0.4 is 10.4 Å². The van der Waals surface area contributed by atoms with E-state index in [1.165, 1.54) is 18.1 Å². The van der Waals surface area contributed by atoms with Gasteiger partial charge in [-0.1, -0.05) is 13.8 Å². The van der Waals surface area contributed by atoms with E-state index in [-0.39, 0.29) is 11.2 Å². The van der Waals surface area contributed by atoms with E-state index in [0.717, 1.165) is 23.5 Å². The summed E-state index contributed by atoms with van der Waals surface area (Å²) in [6, 6.07) is 7.45. The van der Waals surface area contributed by atoms with Crippen molar-refractivity contribution in [2.75, 3.05) is 0 Å². The minimum atomic E-state index is -0.308. The van der Waals surface area contributed by atoms with Gasteiger partial charge in [-0.2, -0.15) is 0 Å². The van der Waals surface area contributed by atoms with Crippen molar-refractivity contribution in [1.29, 1.82) is 0 Å².